The van der Waals surface area contributed by atoms with Gasteiger partial charge in [-0.05, 0) is 36.4 Å². The summed E-state index contributed by atoms with van der Waals surface area (Å²) < 4.78 is 24.2. The molecule has 1 aliphatic rings. The van der Waals surface area contributed by atoms with Crippen molar-refractivity contribution in [2.45, 2.75) is 24.5 Å². The molecule has 4 atom stereocenters. The zero-order chi connectivity index (χ0) is 29.6. The molecule has 0 bridgehead atoms. The van der Waals surface area contributed by atoms with E-state index in [0.29, 0.717) is 0 Å². The van der Waals surface area contributed by atoms with Gasteiger partial charge < -0.3 is 30.4 Å². The lowest BCUT2D eigenvalue weighted by Gasteiger charge is -2.25. The average Bonchev–Trinajstić information content (AvgIpc) is 3.34. The molecule has 1 fully saturated rings. The third-order valence-corrected chi connectivity index (χ3v) is 6.46. The Bertz CT molecular complexity index is 1630. The third kappa shape index (κ3) is 6.13. The number of nitrogen functional groups attached to an aromatic ring is 2. The second kappa shape index (κ2) is 12.4. The van der Waals surface area contributed by atoms with E-state index in [2.05, 4.69) is 4.98 Å². The van der Waals surface area contributed by atoms with Crippen LogP contribution < -0.4 is 17.2 Å². The Morgan fingerprint density at radius 1 is 0.738 bits per heavy atom. The molecule has 12 heteroatoms. The number of carbonyl (C=O) groups excluding carboxylic acids is 3. The molecule has 0 spiro atoms. The highest BCUT2D eigenvalue weighted by Crippen LogP contribution is 2.35. The second-order valence-electron chi connectivity index (χ2n) is 9.27. The summed E-state index contributed by atoms with van der Waals surface area (Å²) in [4.78, 5) is 55.7. The number of ether oxygens (including phenoxy) is 4. The van der Waals surface area contributed by atoms with Crippen LogP contribution in [0.3, 0.4) is 0 Å². The Morgan fingerprint density at radius 2 is 1.21 bits per heavy atom. The Balaban J connectivity index is 1.51. The summed E-state index contributed by atoms with van der Waals surface area (Å²) >= 11 is 0. The molecule has 4 aromatic rings. The maximum atomic E-state index is 13.2. The minimum Gasteiger partial charge on any atom is -0.459 e. The number of anilines is 2. The number of aromatic nitrogens is 2. The summed E-state index contributed by atoms with van der Waals surface area (Å²) in [6, 6.07) is 24.4. The van der Waals surface area contributed by atoms with E-state index in [1.54, 1.807) is 78.9 Å². The van der Waals surface area contributed by atoms with Gasteiger partial charge in [0.2, 0.25) is 0 Å². The van der Waals surface area contributed by atoms with Crippen molar-refractivity contribution < 1.29 is 33.3 Å². The average molecular weight is 571 g/mol. The highest BCUT2D eigenvalue weighted by atomic mass is 16.7. The molecule has 12 nitrogen and oxygen atoms in total. The Kier molecular flexibility index (Phi) is 8.25. The summed E-state index contributed by atoms with van der Waals surface area (Å²) in [7, 11) is 0. The number of carbonyl (C=O) groups is 3. The van der Waals surface area contributed by atoms with Gasteiger partial charge in [0.05, 0.1) is 22.4 Å². The van der Waals surface area contributed by atoms with Crippen molar-refractivity contribution in [2.75, 3.05) is 18.1 Å². The van der Waals surface area contributed by atoms with Crippen molar-refractivity contribution in [1.29, 1.82) is 0 Å². The monoisotopic (exact) mass is 570 g/mol. The molecule has 42 heavy (non-hydrogen) atoms. The minimum absolute atomic E-state index is 0.0388. The van der Waals surface area contributed by atoms with Crippen LogP contribution >= 0.6 is 0 Å². The maximum absolute atomic E-state index is 13.2. The van der Waals surface area contributed by atoms with Gasteiger partial charge in [-0.1, -0.05) is 54.6 Å². The topological polar surface area (TPSA) is 175 Å². The molecule has 0 aliphatic carbocycles. The molecular weight excluding hydrogens is 544 g/mol. The molecule has 3 aromatic carbocycles. The lowest BCUT2D eigenvalue weighted by Crippen LogP contribution is -2.42. The quantitative estimate of drug-likeness (QED) is 0.235. The van der Waals surface area contributed by atoms with Crippen LogP contribution in [0.1, 0.15) is 37.3 Å². The first-order valence-electron chi connectivity index (χ1n) is 12.9. The normalized spacial score (nSPS) is 19.5. The summed E-state index contributed by atoms with van der Waals surface area (Å²) in [5.74, 6) is -2.40. The van der Waals surface area contributed by atoms with Gasteiger partial charge in [0, 0.05) is 6.20 Å². The number of rotatable bonds is 8. The molecule has 0 unspecified atom stereocenters. The van der Waals surface area contributed by atoms with Crippen LogP contribution in [-0.2, 0) is 18.9 Å². The number of esters is 3. The van der Waals surface area contributed by atoms with Crippen molar-refractivity contribution in [3.8, 4) is 0 Å². The highest BCUT2D eigenvalue weighted by molar-refractivity contribution is 5.91. The van der Waals surface area contributed by atoms with Crippen LogP contribution in [0.2, 0.25) is 0 Å². The van der Waals surface area contributed by atoms with Gasteiger partial charge in [0.1, 0.15) is 12.7 Å². The lowest BCUT2D eigenvalue weighted by molar-refractivity contribution is -0.0638. The van der Waals surface area contributed by atoms with E-state index in [-0.39, 0.29) is 28.2 Å². The van der Waals surface area contributed by atoms with E-state index in [0.717, 1.165) is 4.57 Å². The van der Waals surface area contributed by atoms with Crippen molar-refractivity contribution in [3.63, 3.8) is 0 Å². The van der Waals surface area contributed by atoms with Gasteiger partial charge >= 0.3 is 23.6 Å². The third-order valence-electron chi connectivity index (χ3n) is 6.46. The van der Waals surface area contributed by atoms with Gasteiger partial charge in [-0.3, -0.25) is 4.57 Å². The van der Waals surface area contributed by atoms with Crippen LogP contribution in [0.4, 0.5) is 11.5 Å². The Hall–Kier alpha value is -5.49. The smallest absolute Gasteiger partial charge is 0.351 e. The summed E-state index contributed by atoms with van der Waals surface area (Å²) in [5, 5.41) is 0. The lowest BCUT2D eigenvalue weighted by atomic mass is 10.1. The molecule has 5 rings (SSSR count). The summed E-state index contributed by atoms with van der Waals surface area (Å²) in [5.41, 5.74) is 11.4. The minimum atomic E-state index is -1.40. The first-order valence-corrected chi connectivity index (χ1v) is 12.9. The standard InChI is InChI=1S/C30H26N4O8/c31-21-16-34(30(38)33-25(21)32)26-24(42-29(37)20-14-8-3-9-15-20)23(41-28(36)19-12-6-2-7-13-19)22(40-26)17-39-27(35)18-10-4-1-5-11-18/h1-16,22-24,26H,17,31H2,(H2,32,33,38)/t22-,23-,24-,26-/m1/s1. The van der Waals surface area contributed by atoms with Gasteiger partial charge in [-0.25, -0.2) is 19.2 Å². The van der Waals surface area contributed by atoms with Gasteiger partial charge in [-0.15, -0.1) is 0 Å². The van der Waals surface area contributed by atoms with Crippen molar-refractivity contribution >= 4 is 29.4 Å². The van der Waals surface area contributed by atoms with E-state index in [9.17, 15) is 19.2 Å². The van der Waals surface area contributed by atoms with Crippen molar-refractivity contribution in [2.24, 2.45) is 0 Å². The van der Waals surface area contributed by atoms with E-state index in [1.807, 2.05) is 0 Å². The second-order valence-corrected chi connectivity index (χ2v) is 9.27. The molecule has 0 saturated carbocycles. The Morgan fingerprint density at radius 3 is 1.74 bits per heavy atom. The van der Waals surface area contributed by atoms with Crippen LogP contribution in [0.5, 0.6) is 0 Å². The molecule has 2 heterocycles. The van der Waals surface area contributed by atoms with Crippen molar-refractivity contribution in [3.05, 3.63) is 124 Å². The van der Waals surface area contributed by atoms with E-state index in [1.165, 1.54) is 18.3 Å². The predicted octanol–water partition coefficient (Wildman–Crippen LogP) is 2.61. The number of benzene rings is 3. The van der Waals surface area contributed by atoms with Crippen LogP contribution in [0.25, 0.3) is 0 Å². The van der Waals surface area contributed by atoms with Gasteiger partial charge in [0.25, 0.3) is 0 Å². The molecule has 0 amide bonds. The van der Waals surface area contributed by atoms with Gasteiger partial charge in [0.15, 0.2) is 24.3 Å². The number of hydrogen-bond donors (Lipinski definition) is 2. The first kappa shape index (κ1) is 28.1. The fourth-order valence-corrected chi connectivity index (χ4v) is 4.36. The summed E-state index contributed by atoms with van der Waals surface area (Å²) in [6.07, 6.45) is -4.09. The molecule has 1 aliphatic heterocycles. The maximum Gasteiger partial charge on any atom is 0.351 e. The summed E-state index contributed by atoms with van der Waals surface area (Å²) in [6.45, 7) is -0.414. The predicted molar refractivity (Wildman–Crippen MR) is 149 cm³/mol. The fourth-order valence-electron chi connectivity index (χ4n) is 4.36. The Labute approximate surface area is 239 Å². The zero-order valence-electron chi connectivity index (χ0n) is 22.1. The molecule has 1 saturated heterocycles. The van der Waals surface area contributed by atoms with Crippen molar-refractivity contribution in [1.82, 2.24) is 9.55 Å². The molecular formula is C30H26N4O8. The molecule has 214 valence electrons. The number of nitrogens with two attached hydrogens (primary N) is 2. The van der Waals surface area contributed by atoms with E-state index >= 15 is 0 Å². The van der Waals surface area contributed by atoms with Gasteiger partial charge in [-0.2, -0.15) is 4.98 Å². The molecule has 0 radical (unpaired) electrons. The van der Waals surface area contributed by atoms with E-state index in [4.69, 9.17) is 30.4 Å². The van der Waals surface area contributed by atoms with Crippen LogP contribution in [0, 0.1) is 0 Å². The van der Waals surface area contributed by atoms with Crippen LogP contribution in [-0.4, -0.2) is 52.4 Å². The number of nitrogens with zero attached hydrogens (tertiary/aromatic N) is 2. The molecule has 4 N–H and O–H groups in total. The highest BCUT2D eigenvalue weighted by Gasteiger charge is 2.51. The van der Waals surface area contributed by atoms with Crippen LogP contribution in [0.15, 0.2) is 102 Å². The zero-order valence-corrected chi connectivity index (χ0v) is 22.1. The van der Waals surface area contributed by atoms with E-state index < -0.39 is 54.7 Å². The SMILES string of the molecule is Nc1cn([C@@H]2O[C@H](COC(=O)c3ccccc3)[C@@H](OC(=O)c3ccccc3)[C@H]2OC(=O)c2ccccc2)c(=O)nc1N. The largest absolute Gasteiger partial charge is 0.459 e. The first-order chi connectivity index (χ1) is 20.3. The number of hydrogen-bond acceptors (Lipinski definition) is 11. The fraction of sp³-hybridized carbons (Fsp3) is 0.167. The molecule has 1 aromatic heterocycles.